The first-order valence-electron chi connectivity index (χ1n) is 14.7. The highest BCUT2D eigenvalue weighted by molar-refractivity contribution is 5.95. The molecule has 0 bridgehead atoms. The first kappa shape index (κ1) is 28.1. The Kier molecular flexibility index (Phi) is 7.85. The molecule has 0 radical (unpaired) electrons. The molecular formula is C33H42N2O5. The summed E-state index contributed by atoms with van der Waals surface area (Å²) in [6.07, 6.45) is 5.71. The molecule has 2 aliphatic heterocycles. The van der Waals surface area contributed by atoms with Gasteiger partial charge in [-0.3, -0.25) is 4.79 Å². The molecule has 0 unspecified atom stereocenters. The van der Waals surface area contributed by atoms with Crippen LogP contribution >= 0.6 is 0 Å². The van der Waals surface area contributed by atoms with E-state index in [1.165, 1.54) is 12.8 Å². The van der Waals surface area contributed by atoms with Crippen LogP contribution in [0.25, 0.3) is 5.57 Å². The van der Waals surface area contributed by atoms with Crippen molar-refractivity contribution in [1.82, 2.24) is 9.80 Å². The summed E-state index contributed by atoms with van der Waals surface area (Å²) >= 11 is 0. The average Bonchev–Trinajstić information content (AvgIpc) is 3.76. The van der Waals surface area contributed by atoms with Crippen molar-refractivity contribution in [2.75, 3.05) is 32.8 Å². The number of hydrogen-bond donors (Lipinski definition) is 0. The van der Waals surface area contributed by atoms with Gasteiger partial charge in [-0.15, -0.1) is 0 Å². The number of ether oxygens (including phenoxy) is 3. The number of nitrogens with zero attached hydrogens (tertiary/aromatic N) is 2. The number of rotatable bonds is 7. The zero-order chi connectivity index (χ0) is 28.5. The van der Waals surface area contributed by atoms with Gasteiger partial charge in [0, 0.05) is 56.2 Å². The number of hydrogen-bond acceptors (Lipinski definition) is 5. The number of piperidine rings is 1. The smallest absolute Gasteiger partial charge is 0.410 e. The lowest BCUT2D eigenvalue weighted by molar-refractivity contribution is -0.00121. The molecule has 0 N–H and O–H groups in total. The van der Waals surface area contributed by atoms with Crippen LogP contribution in [0.4, 0.5) is 4.79 Å². The van der Waals surface area contributed by atoms with Gasteiger partial charge in [0.25, 0.3) is 5.91 Å². The highest BCUT2D eigenvalue weighted by Crippen LogP contribution is 2.45. The van der Waals surface area contributed by atoms with Gasteiger partial charge in [-0.25, -0.2) is 4.79 Å². The molecule has 0 atom stereocenters. The van der Waals surface area contributed by atoms with Gasteiger partial charge in [-0.05, 0) is 94.9 Å². The Morgan fingerprint density at radius 2 is 1.70 bits per heavy atom. The third-order valence-electron chi connectivity index (χ3n) is 7.90. The van der Waals surface area contributed by atoms with Crippen LogP contribution in [-0.4, -0.2) is 65.8 Å². The van der Waals surface area contributed by atoms with Gasteiger partial charge in [0.2, 0.25) is 0 Å². The summed E-state index contributed by atoms with van der Waals surface area (Å²) in [6.45, 7) is 12.8. The van der Waals surface area contributed by atoms with Crippen LogP contribution in [0.1, 0.15) is 81.8 Å². The summed E-state index contributed by atoms with van der Waals surface area (Å²) in [4.78, 5) is 29.2. The second-order valence-corrected chi connectivity index (χ2v) is 12.2. The first-order valence-corrected chi connectivity index (χ1v) is 14.7. The molecule has 7 nitrogen and oxygen atoms in total. The van der Waals surface area contributed by atoms with Crippen molar-refractivity contribution >= 4 is 17.6 Å². The molecule has 1 spiro atoms. The van der Waals surface area contributed by atoms with Crippen molar-refractivity contribution in [3.63, 3.8) is 0 Å². The van der Waals surface area contributed by atoms with E-state index in [0.717, 1.165) is 34.8 Å². The lowest BCUT2D eigenvalue weighted by Crippen LogP contribution is -2.50. The van der Waals surface area contributed by atoms with E-state index in [2.05, 4.69) is 12.1 Å². The second-order valence-electron chi connectivity index (χ2n) is 12.2. The molecule has 3 aliphatic rings. The van der Waals surface area contributed by atoms with E-state index in [0.29, 0.717) is 50.5 Å². The van der Waals surface area contributed by atoms with E-state index in [1.54, 1.807) is 4.90 Å². The van der Waals surface area contributed by atoms with Crippen LogP contribution in [0.3, 0.4) is 0 Å². The Hall–Kier alpha value is -3.48. The van der Waals surface area contributed by atoms with Gasteiger partial charge in [-0.2, -0.15) is 0 Å². The molecule has 2 amide bonds. The highest BCUT2D eigenvalue weighted by Gasteiger charge is 2.41. The summed E-state index contributed by atoms with van der Waals surface area (Å²) in [7, 11) is 0. The molecule has 1 saturated carbocycles. The topological polar surface area (TPSA) is 68.3 Å². The van der Waals surface area contributed by atoms with Gasteiger partial charge < -0.3 is 24.0 Å². The second kappa shape index (κ2) is 11.2. The third kappa shape index (κ3) is 6.29. The Balaban J connectivity index is 1.43. The van der Waals surface area contributed by atoms with Crippen molar-refractivity contribution in [2.24, 2.45) is 5.92 Å². The van der Waals surface area contributed by atoms with E-state index in [-0.39, 0.29) is 12.0 Å². The van der Waals surface area contributed by atoms with E-state index < -0.39 is 11.2 Å². The van der Waals surface area contributed by atoms with Crippen LogP contribution in [-0.2, 0) is 4.74 Å². The average molecular weight is 547 g/mol. The minimum Gasteiger partial charge on any atom is -0.493 e. The normalized spacial score (nSPS) is 17.9. The maximum absolute atomic E-state index is 12.9. The molecule has 40 heavy (non-hydrogen) atoms. The molecule has 2 aromatic rings. The Labute approximate surface area is 238 Å². The van der Waals surface area contributed by atoms with Crippen LogP contribution in [0, 0.1) is 5.92 Å². The Morgan fingerprint density at radius 3 is 2.30 bits per heavy atom. The molecule has 1 aliphatic carbocycles. The Bertz CT molecular complexity index is 1260. The monoisotopic (exact) mass is 546 g/mol. The number of likely N-dealkylation sites (tertiary alicyclic amines) is 1. The molecule has 5 rings (SSSR count). The van der Waals surface area contributed by atoms with Crippen LogP contribution < -0.4 is 9.47 Å². The summed E-state index contributed by atoms with van der Waals surface area (Å²) in [5, 5.41) is 0. The zero-order valence-corrected chi connectivity index (χ0v) is 24.5. The fourth-order valence-corrected chi connectivity index (χ4v) is 5.35. The molecular weight excluding hydrogens is 504 g/mol. The standard InChI is InChI=1S/C33H42N2O5/c1-6-34(7-2)30(36)25-12-10-24(11-13-25)28-21-33(16-18-35(19-17-33)31(37)40-32(3,4)5)39-29-20-26(14-15-27(28)29)38-22-23-8-9-23/h10-15,20-21,23H,6-9,16-19,22H2,1-5H3. The molecule has 1 saturated heterocycles. The summed E-state index contributed by atoms with van der Waals surface area (Å²) in [6, 6.07) is 14.0. The van der Waals surface area contributed by atoms with Crippen LogP contribution in [0.5, 0.6) is 11.5 Å². The fraction of sp³-hybridized carbons (Fsp3) is 0.515. The van der Waals surface area contributed by atoms with Gasteiger partial charge in [-0.1, -0.05) is 12.1 Å². The van der Waals surface area contributed by atoms with Gasteiger partial charge in [0.1, 0.15) is 22.7 Å². The largest absolute Gasteiger partial charge is 0.493 e. The van der Waals surface area contributed by atoms with E-state index in [4.69, 9.17) is 14.2 Å². The molecule has 7 heteroatoms. The number of carbonyl (C=O) groups excluding carboxylic acids is 2. The van der Waals surface area contributed by atoms with Crippen molar-refractivity contribution < 1.29 is 23.8 Å². The SMILES string of the molecule is CCN(CC)C(=O)c1ccc(C2=CC3(CCN(C(=O)OC(C)(C)C)CC3)Oc3cc(OCC4CC4)ccc32)cc1. The van der Waals surface area contributed by atoms with Crippen molar-refractivity contribution in [1.29, 1.82) is 0 Å². The van der Waals surface area contributed by atoms with Gasteiger partial charge in [0.15, 0.2) is 0 Å². The number of benzene rings is 2. The van der Waals surface area contributed by atoms with E-state index in [1.807, 2.05) is 75.9 Å². The third-order valence-corrected chi connectivity index (χ3v) is 7.90. The van der Waals surface area contributed by atoms with Crippen molar-refractivity contribution in [3.05, 3.63) is 65.2 Å². The number of carbonyl (C=O) groups is 2. The number of fused-ring (bicyclic) bond motifs is 1. The lowest BCUT2D eigenvalue weighted by Gasteiger charge is -2.43. The summed E-state index contributed by atoms with van der Waals surface area (Å²) < 4.78 is 18.4. The molecule has 2 heterocycles. The predicted molar refractivity (Wildman–Crippen MR) is 156 cm³/mol. The first-order chi connectivity index (χ1) is 19.1. The summed E-state index contributed by atoms with van der Waals surface area (Å²) in [5.74, 6) is 2.31. The van der Waals surface area contributed by atoms with Gasteiger partial charge in [0.05, 0.1) is 6.61 Å². The van der Waals surface area contributed by atoms with E-state index >= 15 is 0 Å². The van der Waals surface area contributed by atoms with Crippen LogP contribution in [0.15, 0.2) is 48.5 Å². The number of amides is 2. The predicted octanol–water partition coefficient (Wildman–Crippen LogP) is 6.55. The van der Waals surface area contributed by atoms with E-state index in [9.17, 15) is 9.59 Å². The maximum Gasteiger partial charge on any atom is 0.410 e. The minimum atomic E-state index is -0.550. The molecule has 214 valence electrons. The summed E-state index contributed by atoms with van der Waals surface area (Å²) in [5.41, 5.74) is 2.70. The molecule has 2 aromatic carbocycles. The van der Waals surface area contributed by atoms with Crippen molar-refractivity contribution in [3.8, 4) is 11.5 Å². The van der Waals surface area contributed by atoms with Crippen molar-refractivity contribution in [2.45, 2.75) is 71.5 Å². The maximum atomic E-state index is 12.9. The van der Waals surface area contributed by atoms with Crippen LogP contribution in [0.2, 0.25) is 0 Å². The van der Waals surface area contributed by atoms with Gasteiger partial charge >= 0.3 is 6.09 Å². The highest BCUT2D eigenvalue weighted by atomic mass is 16.6. The fourth-order valence-electron chi connectivity index (χ4n) is 5.35. The quantitative estimate of drug-likeness (QED) is 0.394. The Morgan fingerprint density at radius 1 is 1.02 bits per heavy atom. The zero-order valence-electron chi connectivity index (χ0n) is 24.5. The molecule has 2 fully saturated rings. The molecule has 0 aromatic heterocycles. The lowest BCUT2D eigenvalue weighted by atomic mass is 9.83. The minimum absolute atomic E-state index is 0.0429.